The van der Waals surface area contributed by atoms with Gasteiger partial charge in [-0.25, -0.2) is 9.79 Å². The first-order chi connectivity index (χ1) is 18.5. The number of carbonyl (C=O) groups excluding carboxylic acids is 1. The Bertz CT molecular complexity index is 1700. The van der Waals surface area contributed by atoms with Gasteiger partial charge in [0.15, 0.2) is 5.78 Å². The third-order valence-corrected chi connectivity index (χ3v) is 7.95. The lowest BCUT2D eigenvalue weighted by molar-refractivity contribution is 0.0953. The Labute approximate surface area is 220 Å². The molecule has 0 saturated heterocycles. The van der Waals surface area contributed by atoms with Gasteiger partial charge in [0.1, 0.15) is 5.82 Å². The number of rotatable bonds is 6. The maximum absolute atomic E-state index is 13.7. The molecule has 190 valence electrons. The summed E-state index contributed by atoms with van der Waals surface area (Å²) in [6.07, 6.45) is 4.22. The van der Waals surface area contributed by atoms with Crippen LogP contribution in [0.1, 0.15) is 56.9 Å². The van der Waals surface area contributed by atoms with Crippen molar-refractivity contribution in [2.45, 2.75) is 31.6 Å². The SMILES string of the molecule is Cn1c2c(c(=O)n(C)c1=O)[C@H](c1ccc(CCCCc3ccccc3)cc1)[C@H]1C(=O)c3ccccc3C1=N2. The first kappa shape index (κ1) is 24.0. The average molecular weight is 504 g/mol. The van der Waals surface area contributed by atoms with Crippen molar-refractivity contribution in [2.24, 2.45) is 25.0 Å². The van der Waals surface area contributed by atoms with E-state index in [9.17, 15) is 14.4 Å². The largest absolute Gasteiger partial charge is 0.332 e. The van der Waals surface area contributed by atoms with Crippen LogP contribution in [0.15, 0.2) is 93.4 Å². The van der Waals surface area contributed by atoms with Crippen molar-refractivity contribution in [1.82, 2.24) is 9.13 Å². The minimum Gasteiger partial charge on any atom is -0.293 e. The molecule has 0 unspecified atom stereocenters. The Balaban J connectivity index is 1.35. The number of aryl methyl sites for hydroxylation is 2. The number of unbranched alkanes of at least 4 members (excludes halogenated alkanes) is 1. The zero-order valence-electron chi connectivity index (χ0n) is 21.6. The summed E-state index contributed by atoms with van der Waals surface area (Å²) in [5.41, 5.74) is 5.07. The highest BCUT2D eigenvalue weighted by molar-refractivity contribution is 6.30. The van der Waals surface area contributed by atoms with Gasteiger partial charge in [-0.2, -0.15) is 0 Å². The van der Waals surface area contributed by atoms with Crippen LogP contribution in [-0.4, -0.2) is 20.6 Å². The molecule has 0 bridgehead atoms. The van der Waals surface area contributed by atoms with Crippen LogP contribution in [0.3, 0.4) is 0 Å². The summed E-state index contributed by atoms with van der Waals surface area (Å²) >= 11 is 0. The maximum atomic E-state index is 13.7. The molecule has 6 rings (SSSR count). The second-order valence-electron chi connectivity index (χ2n) is 10.2. The molecule has 1 aromatic heterocycles. The standard InChI is InChI=1S/C32H29N3O3/c1-34-30-27(31(37)35(2)32(34)38)25(26-28(33-30)23-14-8-9-15-24(23)29(26)36)22-18-16-21(17-19-22)13-7-6-12-20-10-4-3-5-11-20/h3-5,8-11,14-19,25-26H,6-7,12-13H2,1-2H3/t25-,26-/m1/s1. The van der Waals surface area contributed by atoms with Crippen LogP contribution < -0.4 is 11.2 Å². The Morgan fingerprint density at radius 1 is 0.684 bits per heavy atom. The number of fused-ring (bicyclic) bond motifs is 4. The van der Waals surface area contributed by atoms with Crippen molar-refractivity contribution in [3.05, 3.63) is 133 Å². The highest BCUT2D eigenvalue weighted by atomic mass is 16.2. The number of carbonyl (C=O) groups is 1. The number of benzene rings is 3. The van der Waals surface area contributed by atoms with E-state index in [1.165, 1.54) is 22.7 Å². The number of ketones is 1. The Morgan fingerprint density at radius 3 is 1.97 bits per heavy atom. The molecule has 6 nitrogen and oxygen atoms in total. The summed E-state index contributed by atoms with van der Waals surface area (Å²) in [6, 6.07) is 26.2. The van der Waals surface area contributed by atoms with Crippen molar-refractivity contribution in [3.8, 4) is 0 Å². The monoisotopic (exact) mass is 503 g/mol. The summed E-state index contributed by atoms with van der Waals surface area (Å²) in [4.78, 5) is 44.7. The van der Waals surface area contributed by atoms with Gasteiger partial charge in [-0.3, -0.25) is 18.7 Å². The minimum atomic E-state index is -0.596. The van der Waals surface area contributed by atoms with Gasteiger partial charge in [0.05, 0.1) is 17.2 Å². The predicted molar refractivity (Wildman–Crippen MR) is 149 cm³/mol. The molecule has 1 aliphatic carbocycles. The van der Waals surface area contributed by atoms with Crippen molar-refractivity contribution in [1.29, 1.82) is 0 Å². The molecule has 6 heteroatoms. The number of Topliss-reactive ketones (excluding diaryl/α,β-unsaturated/α-hetero) is 1. The van der Waals surface area contributed by atoms with Gasteiger partial charge in [0.2, 0.25) is 0 Å². The fourth-order valence-corrected chi connectivity index (χ4v) is 5.92. The highest BCUT2D eigenvalue weighted by Gasteiger charge is 2.47. The van der Waals surface area contributed by atoms with E-state index >= 15 is 0 Å². The molecular formula is C32H29N3O3. The second kappa shape index (κ2) is 9.53. The maximum Gasteiger partial charge on any atom is 0.332 e. The molecule has 3 aromatic carbocycles. The highest BCUT2D eigenvalue weighted by Crippen LogP contribution is 2.46. The molecule has 2 heterocycles. The molecule has 0 spiro atoms. The van der Waals surface area contributed by atoms with Gasteiger partial charge < -0.3 is 0 Å². The normalized spacial score (nSPS) is 17.5. The first-order valence-electron chi connectivity index (χ1n) is 13.1. The first-order valence-corrected chi connectivity index (χ1v) is 13.1. The summed E-state index contributed by atoms with van der Waals surface area (Å²) in [5.74, 6) is -0.809. The molecule has 0 amide bonds. The van der Waals surface area contributed by atoms with Crippen LogP contribution in [0.25, 0.3) is 0 Å². The van der Waals surface area contributed by atoms with Crippen LogP contribution in [0.5, 0.6) is 0 Å². The van der Waals surface area contributed by atoms with Gasteiger partial charge in [0.25, 0.3) is 5.56 Å². The molecule has 4 aromatic rings. The zero-order valence-corrected chi connectivity index (χ0v) is 21.6. The van der Waals surface area contributed by atoms with Crippen LogP contribution in [0.2, 0.25) is 0 Å². The zero-order chi connectivity index (χ0) is 26.4. The van der Waals surface area contributed by atoms with Crippen LogP contribution in [0, 0.1) is 5.92 Å². The van der Waals surface area contributed by atoms with E-state index in [4.69, 9.17) is 4.99 Å². The summed E-state index contributed by atoms with van der Waals surface area (Å²) in [7, 11) is 3.11. The molecular weight excluding hydrogens is 474 g/mol. The lowest BCUT2D eigenvalue weighted by Gasteiger charge is -2.30. The van der Waals surface area contributed by atoms with E-state index in [0.29, 0.717) is 22.7 Å². The fourth-order valence-electron chi connectivity index (χ4n) is 5.92. The number of aromatic nitrogens is 2. The van der Waals surface area contributed by atoms with Crippen LogP contribution in [-0.2, 0) is 26.9 Å². The van der Waals surface area contributed by atoms with Gasteiger partial charge in [0, 0.05) is 31.1 Å². The molecule has 0 fully saturated rings. The van der Waals surface area contributed by atoms with E-state index in [-0.39, 0.29) is 5.78 Å². The van der Waals surface area contributed by atoms with Crippen molar-refractivity contribution in [3.63, 3.8) is 0 Å². The second-order valence-corrected chi connectivity index (χ2v) is 10.2. The topological polar surface area (TPSA) is 73.4 Å². The molecule has 38 heavy (non-hydrogen) atoms. The van der Waals surface area contributed by atoms with Gasteiger partial charge in [-0.15, -0.1) is 0 Å². The summed E-state index contributed by atoms with van der Waals surface area (Å²) < 4.78 is 2.53. The molecule has 2 atom stereocenters. The van der Waals surface area contributed by atoms with E-state index in [2.05, 4.69) is 36.4 Å². The summed E-state index contributed by atoms with van der Waals surface area (Å²) in [6.45, 7) is 0. The van der Waals surface area contributed by atoms with Crippen molar-refractivity contribution < 1.29 is 4.79 Å². The minimum absolute atomic E-state index is 0.0316. The van der Waals surface area contributed by atoms with E-state index in [1.807, 2.05) is 42.5 Å². The molecule has 1 aliphatic heterocycles. The number of hydrogen-bond acceptors (Lipinski definition) is 4. The Kier molecular flexibility index (Phi) is 6.03. The molecule has 0 saturated carbocycles. The average Bonchev–Trinajstić information content (AvgIpc) is 3.24. The fraction of sp³-hybridized carbons (Fsp3) is 0.250. The quantitative estimate of drug-likeness (QED) is 0.357. The Morgan fingerprint density at radius 2 is 1.29 bits per heavy atom. The number of hydrogen-bond donors (Lipinski definition) is 0. The molecule has 0 N–H and O–H groups in total. The smallest absolute Gasteiger partial charge is 0.293 e. The third kappa shape index (κ3) is 3.88. The van der Waals surface area contributed by atoms with Crippen LogP contribution in [0.4, 0.5) is 5.82 Å². The number of aliphatic imine (C=N–C) groups is 1. The van der Waals surface area contributed by atoms with E-state index < -0.39 is 23.1 Å². The van der Waals surface area contributed by atoms with Crippen LogP contribution >= 0.6 is 0 Å². The third-order valence-electron chi connectivity index (χ3n) is 7.95. The lowest BCUT2D eigenvalue weighted by Crippen LogP contribution is -2.43. The van der Waals surface area contributed by atoms with E-state index in [1.54, 1.807) is 7.05 Å². The van der Waals surface area contributed by atoms with Crippen molar-refractivity contribution in [2.75, 3.05) is 0 Å². The van der Waals surface area contributed by atoms with Gasteiger partial charge >= 0.3 is 5.69 Å². The van der Waals surface area contributed by atoms with Crippen molar-refractivity contribution >= 4 is 17.3 Å². The van der Waals surface area contributed by atoms with E-state index in [0.717, 1.165) is 41.4 Å². The summed E-state index contributed by atoms with van der Waals surface area (Å²) in [5, 5.41) is 0. The number of nitrogens with zero attached hydrogens (tertiary/aromatic N) is 3. The Hall–Kier alpha value is -4.32. The van der Waals surface area contributed by atoms with Gasteiger partial charge in [-0.1, -0.05) is 78.9 Å². The molecule has 0 radical (unpaired) electrons. The van der Waals surface area contributed by atoms with Gasteiger partial charge in [-0.05, 0) is 42.4 Å². The lowest BCUT2D eigenvalue weighted by atomic mass is 9.76. The molecule has 2 aliphatic rings. The predicted octanol–water partition coefficient (Wildman–Crippen LogP) is 4.73.